The molecule has 4 aromatic rings. The first kappa shape index (κ1) is 21.4. The lowest BCUT2D eigenvalue weighted by molar-refractivity contribution is 0.102. The largest absolute Gasteiger partial charge is 0.493 e. The molecule has 8 heteroatoms. The van der Waals surface area contributed by atoms with Crippen LogP contribution in [0.2, 0.25) is 5.02 Å². The summed E-state index contributed by atoms with van der Waals surface area (Å²) in [4.78, 5) is 16.8. The molecule has 0 aliphatic heterocycles. The highest BCUT2D eigenvalue weighted by molar-refractivity contribution is 6.31. The highest BCUT2D eigenvalue weighted by atomic mass is 35.5. The maximum absolute atomic E-state index is 12.8. The number of carbonyl (C=O) groups is 1. The number of rotatable bonds is 7. The minimum absolute atomic E-state index is 0.284. The van der Waals surface area contributed by atoms with Gasteiger partial charge in [-0.2, -0.15) is 5.10 Å². The zero-order valence-electron chi connectivity index (χ0n) is 17.6. The molecule has 0 fully saturated rings. The smallest absolute Gasteiger partial charge is 0.257 e. The molecule has 0 unspecified atom stereocenters. The van der Waals surface area contributed by atoms with E-state index in [2.05, 4.69) is 20.5 Å². The van der Waals surface area contributed by atoms with Crippen molar-refractivity contribution in [3.8, 4) is 22.8 Å². The highest BCUT2D eigenvalue weighted by Gasteiger charge is 2.16. The third-order valence-corrected chi connectivity index (χ3v) is 5.35. The third-order valence-electron chi connectivity index (χ3n) is 4.98. The van der Waals surface area contributed by atoms with E-state index in [-0.39, 0.29) is 12.5 Å². The summed E-state index contributed by atoms with van der Waals surface area (Å²) in [6.07, 6.45) is 3.41. The van der Waals surface area contributed by atoms with Crippen molar-refractivity contribution < 1.29 is 14.3 Å². The van der Waals surface area contributed by atoms with Crippen molar-refractivity contribution in [3.63, 3.8) is 0 Å². The van der Waals surface area contributed by atoms with Gasteiger partial charge in [0.25, 0.3) is 5.91 Å². The molecule has 0 radical (unpaired) electrons. The number of aromatic nitrogens is 3. The van der Waals surface area contributed by atoms with E-state index in [0.717, 1.165) is 22.4 Å². The van der Waals surface area contributed by atoms with Crippen molar-refractivity contribution in [3.05, 3.63) is 88.7 Å². The number of aromatic amines is 1. The summed E-state index contributed by atoms with van der Waals surface area (Å²) in [5.41, 5.74) is 3.86. The van der Waals surface area contributed by atoms with E-state index in [1.54, 1.807) is 30.6 Å². The average Bonchev–Trinajstić information content (AvgIpc) is 3.18. The Morgan fingerprint density at radius 3 is 2.62 bits per heavy atom. The van der Waals surface area contributed by atoms with Crippen molar-refractivity contribution in [2.24, 2.45) is 0 Å². The number of pyridine rings is 1. The van der Waals surface area contributed by atoms with Crippen molar-refractivity contribution in [2.45, 2.75) is 13.5 Å². The molecule has 0 aliphatic rings. The van der Waals surface area contributed by atoms with Crippen molar-refractivity contribution in [2.75, 3.05) is 12.4 Å². The summed E-state index contributed by atoms with van der Waals surface area (Å²) in [6.45, 7) is 2.17. The van der Waals surface area contributed by atoms with Gasteiger partial charge in [-0.15, -0.1) is 0 Å². The Labute approximate surface area is 190 Å². The molecule has 0 saturated heterocycles. The van der Waals surface area contributed by atoms with Crippen molar-refractivity contribution in [1.29, 1.82) is 0 Å². The summed E-state index contributed by atoms with van der Waals surface area (Å²) in [7, 11) is 1.53. The lowest BCUT2D eigenvalue weighted by atomic mass is 10.1. The fraction of sp³-hybridized carbons (Fsp3) is 0.125. The molecule has 7 nitrogen and oxygen atoms in total. The molecule has 162 valence electrons. The molecule has 0 atom stereocenters. The Kier molecular flexibility index (Phi) is 6.37. The Morgan fingerprint density at radius 2 is 1.88 bits per heavy atom. The standard InChI is InChI=1S/C24H21ClN4O3/c1-15-22(16-9-11-26-12-10-16)28-29-23(15)27-24(30)17-7-8-20(21(13-17)31-2)32-14-18-5-3-4-6-19(18)25/h3-13H,14H2,1-2H3,(H2,27,28,29,30). The second-order valence-electron chi connectivity index (χ2n) is 7.01. The number of benzene rings is 2. The predicted octanol–water partition coefficient (Wildman–Crippen LogP) is 5.27. The Hall–Kier alpha value is -3.84. The van der Waals surface area contributed by atoms with Gasteiger partial charge < -0.3 is 14.8 Å². The van der Waals surface area contributed by atoms with Gasteiger partial charge >= 0.3 is 0 Å². The maximum atomic E-state index is 12.8. The quantitative estimate of drug-likeness (QED) is 0.402. The SMILES string of the molecule is COc1cc(C(=O)Nc2n[nH]c(-c3ccncc3)c2C)ccc1OCc1ccccc1Cl. The van der Waals surface area contributed by atoms with Crippen LogP contribution in [-0.4, -0.2) is 28.2 Å². The number of nitrogens with zero attached hydrogens (tertiary/aromatic N) is 2. The first-order valence-electron chi connectivity index (χ1n) is 9.87. The number of H-pyrrole nitrogens is 1. The number of hydrogen-bond acceptors (Lipinski definition) is 5. The summed E-state index contributed by atoms with van der Waals surface area (Å²) in [5.74, 6) is 1.11. The lowest BCUT2D eigenvalue weighted by Crippen LogP contribution is -2.13. The van der Waals surface area contributed by atoms with E-state index in [1.165, 1.54) is 7.11 Å². The van der Waals surface area contributed by atoms with Gasteiger partial charge in [-0.3, -0.25) is 14.9 Å². The number of anilines is 1. The summed E-state index contributed by atoms with van der Waals surface area (Å²) < 4.78 is 11.3. The van der Waals surface area contributed by atoms with Crippen molar-refractivity contribution >= 4 is 23.3 Å². The monoisotopic (exact) mass is 448 g/mol. The van der Waals surface area contributed by atoms with Crippen LogP contribution < -0.4 is 14.8 Å². The number of hydrogen-bond donors (Lipinski definition) is 2. The van der Waals surface area contributed by atoms with Crippen LogP contribution in [0.15, 0.2) is 67.0 Å². The number of carbonyl (C=O) groups excluding carboxylic acids is 1. The lowest BCUT2D eigenvalue weighted by Gasteiger charge is -2.13. The molecular formula is C24H21ClN4O3. The third kappa shape index (κ3) is 4.58. The fourth-order valence-corrected chi connectivity index (χ4v) is 3.39. The van der Waals surface area contributed by atoms with Crippen LogP contribution in [0.25, 0.3) is 11.3 Å². The molecule has 2 heterocycles. The van der Waals surface area contributed by atoms with Crippen LogP contribution in [0.3, 0.4) is 0 Å². The second kappa shape index (κ2) is 9.53. The van der Waals surface area contributed by atoms with E-state index in [9.17, 15) is 4.79 Å². The van der Waals surface area contributed by atoms with Crippen LogP contribution in [0.1, 0.15) is 21.5 Å². The van der Waals surface area contributed by atoms with Gasteiger partial charge in [0.15, 0.2) is 17.3 Å². The van der Waals surface area contributed by atoms with Gasteiger partial charge in [0.05, 0.1) is 12.8 Å². The van der Waals surface area contributed by atoms with Gasteiger partial charge in [0.1, 0.15) is 6.61 Å². The first-order chi connectivity index (χ1) is 15.6. The Morgan fingerprint density at radius 1 is 1.09 bits per heavy atom. The molecule has 4 rings (SSSR count). The summed E-state index contributed by atoms with van der Waals surface area (Å²) in [6, 6.07) is 16.2. The number of ether oxygens (including phenoxy) is 2. The first-order valence-corrected chi connectivity index (χ1v) is 10.3. The maximum Gasteiger partial charge on any atom is 0.257 e. The number of halogens is 1. The van der Waals surface area contributed by atoms with Crippen LogP contribution in [0.5, 0.6) is 11.5 Å². The second-order valence-corrected chi connectivity index (χ2v) is 7.42. The van der Waals surface area contributed by atoms with Crippen LogP contribution in [0.4, 0.5) is 5.82 Å². The molecule has 2 N–H and O–H groups in total. The minimum Gasteiger partial charge on any atom is -0.493 e. The topological polar surface area (TPSA) is 89.1 Å². The molecule has 0 saturated carbocycles. The van der Waals surface area contributed by atoms with Crippen LogP contribution in [-0.2, 0) is 6.61 Å². The molecular weight excluding hydrogens is 428 g/mol. The van der Waals surface area contributed by atoms with Gasteiger partial charge in [0.2, 0.25) is 0 Å². The number of methoxy groups -OCH3 is 1. The number of amides is 1. The summed E-state index contributed by atoms with van der Waals surface area (Å²) >= 11 is 6.19. The molecule has 32 heavy (non-hydrogen) atoms. The minimum atomic E-state index is -0.308. The Balaban J connectivity index is 1.49. The average molecular weight is 449 g/mol. The van der Waals surface area contributed by atoms with E-state index in [0.29, 0.717) is 27.9 Å². The van der Waals surface area contributed by atoms with Crippen molar-refractivity contribution in [1.82, 2.24) is 15.2 Å². The summed E-state index contributed by atoms with van der Waals surface area (Å²) in [5, 5.41) is 10.7. The van der Waals surface area contributed by atoms with E-state index >= 15 is 0 Å². The predicted molar refractivity (Wildman–Crippen MR) is 123 cm³/mol. The zero-order chi connectivity index (χ0) is 22.5. The molecule has 1 amide bonds. The van der Waals surface area contributed by atoms with Gasteiger partial charge in [-0.1, -0.05) is 29.8 Å². The normalized spacial score (nSPS) is 10.6. The van der Waals surface area contributed by atoms with E-state index in [1.807, 2.05) is 43.3 Å². The highest BCUT2D eigenvalue weighted by Crippen LogP contribution is 2.30. The fourth-order valence-electron chi connectivity index (χ4n) is 3.20. The molecule has 2 aromatic heterocycles. The van der Waals surface area contributed by atoms with E-state index in [4.69, 9.17) is 21.1 Å². The van der Waals surface area contributed by atoms with E-state index < -0.39 is 0 Å². The molecule has 0 aliphatic carbocycles. The van der Waals surface area contributed by atoms with Gasteiger partial charge in [-0.25, -0.2) is 0 Å². The van der Waals surface area contributed by atoms with Crippen LogP contribution >= 0.6 is 11.6 Å². The number of nitrogens with one attached hydrogen (secondary N) is 2. The molecule has 0 spiro atoms. The molecule has 2 aromatic carbocycles. The van der Waals surface area contributed by atoms with Gasteiger partial charge in [-0.05, 0) is 43.3 Å². The van der Waals surface area contributed by atoms with Gasteiger partial charge in [0, 0.05) is 39.7 Å². The molecule has 0 bridgehead atoms. The van der Waals surface area contributed by atoms with Crippen LogP contribution in [0, 0.1) is 6.92 Å². The Bertz CT molecular complexity index is 1240. The zero-order valence-corrected chi connectivity index (χ0v) is 18.3.